The Morgan fingerprint density at radius 3 is 2.72 bits per heavy atom. The summed E-state index contributed by atoms with van der Waals surface area (Å²) >= 11 is 0. The highest BCUT2D eigenvalue weighted by Crippen LogP contribution is 2.39. The molecule has 1 unspecified atom stereocenters. The first-order chi connectivity index (χ1) is 17.0. The first-order valence-corrected chi connectivity index (χ1v) is 16.2. The number of allylic oxidation sites excluding steroid dienone is 1. The van der Waals surface area contributed by atoms with Crippen molar-refractivity contribution in [3.63, 3.8) is 0 Å². The third-order valence-electron chi connectivity index (χ3n) is 6.56. The second-order valence-electron chi connectivity index (χ2n) is 11.6. The van der Waals surface area contributed by atoms with Crippen LogP contribution in [0.4, 0.5) is 4.79 Å². The highest BCUT2D eigenvalue weighted by atomic mass is 28.3. The Morgan fingerprint density at radius 2 is 2.08 bits per heavy atom. The van der Waals surface area contributed by atoms with Crippen molar-refractivity contribution in [1.82, 2.24) is 24.6 Å². The largest absolute Gasteiger partial charge is 0.465 e. The lowest BCUT2D eigenvalue weighted by Crippen LogP contribution is -2.51. The highest BCUT2D eigenvalue weighted by molar-refractivity contribution is 6.76. The fraction of sp³-hybridized carbons (Fsp3) is 0.538. The number of amides is 1. The fourth-order valence-corrected chi connectivity index (χ4v) is 5.65. The lowest BCUT2D eigenvalue weighted by Gasteiger charge is -2.41. The minimum atomic E-state index is -1.19. The third kappa shape index (κ3) is 5.70. The zero-order chi connectivity index (χ0) is 26.1. The summed E-state index contributed by atoms with van der Waals surface area (Å²) in [4.78, 5) is 18.4. The van der Waals surface area contributed by atoms with E-state index in [-0.39, 0.29) is 6.04 Å². The molecule has 194 valence electrons. The zero-order valence-electron chi connectivity index (χ0n) is 22.1. The van der Waals surface area contributed by atoms with Crippen molar-refractivity contribution in [2.75, 3.05) is 6.61 Å². The monoisotopic (exact) mass is 511 g/mol. The Hall–Kier alpha value is -2.98. The Kier molecular flexibility index (Phi) is 7.38. The van der Waals surface area contributed by atoms with Gasteiger partial charge in [-0.05, 0) is 63.3 Å². The van der Waals surface area contributed by atoms with E-state index in [2.05, 4.69) is 40.9 Å². The van der Waals surface area contributed by atoms with Crippen molar-refractivity contribution in [3.05, 3.63) is 36.5 Å². The summed E-state index contributed by atoms with van der Waals surface area (Å²) in [6.45, 7) is 13.9. The number of aromatic nitrogens is 4. The number of hydrogen-bond donors (Lipinski definition) is 1. The van der Waals surface area contributed by atoms with Crippen molar-refractivity contribution >= 4 is 30.8 Å². The van der Waals surface area contributed by atoms with Gasteiger partial charge in [0.2, 0.25) is 12.3 Å². The van der Waals surface area contributed by atoms with Crippen LogP contribution in [0.2, 0.25) is 25.7 Å². The average molecular weight is 512 g/mol. The molecule has 1 amide bonds. The number of pyridine rings is 1. The van der Waals surface area contributed by atoms with Gasteiger partial charge in [-0.1, -0.05) is 25.7 Å². The lowest BCUT2D eigenvalue weighted by molar-refractivity contribution is 0.0679. The molecule has 10 heteroatoms. The molecular weight excluding hydrogens is 474 g/mol. The molecular formula is C26H37N5O4Si. The maximum absolute atomic E-state index is 12.2. The van der Waals surface area contributed by atoms with Gasteiger partial charge in [0.15, 0.2) is 0 Å². The van der Waals surface area contributed by atoms with Crippen LogP contribution < -0.4 is 0 Å². The zero-order valence-corrected chi connectivity index (χ0v) is 23.1. The van der Waals surface area contributed by atoms with Gasteiger partial charge in [-0.25, -0.2) is 9.78 Å². The van der Waals surface area contributed by atoms with Crippen molar-refractivity contribution in [2.24, 2.45) is 0 Å². The van der Waals surface area contributed by atoms with Crippen LogP contribution in [0.5, 0.6) is 0 Å². The van der Waals surface area contributed by atoms with E-state index in [1.165, 1.54) is 6.39 Å². The molecule has 1 N–H and O–H groups in total. The topological polar surface area (TPSA) is 107 Å². The molecule has 3 aromatic rings. The Labute approximate surface area is 213 Å². The molecule has 0 spiro atoms. The van der Waals surface area contributed by atoms with Crippen LogP contribution in [0.25, 0.3) is 28.1 Å². The van der Waals surface area contributed by atoms with Gasteiger partial charge in [0.1, 0.15) is 12.4 Å². The van der Waals surface area contributed by atoms with Gasteiger partial charge >= 0.3 is 6.09 Å². The lowest BCUT2D eigenvalue weighted by atomic mass is 9.86. The van der Waals surface area contributed by atoms with Crippen LogP contribution in [0.15, 0.2) is 35.3 Å². The number of hydrogen-bond acceptors (Lipinski definition) is 6. The number of rotatable bonds is 8. The first kappa shape index (κ1) is 26.1. The molecule has 9 nitrogen and oxygen atoms in total. The van der Waals surface area contributed by atoms with Crippen LogP contribution in [-0.2, 0) is 11.5 Å². The molecule has 0 aliphatic heterocycles. The Bertz CT molecular complexity index is 1240. The Balaban J connectivity index is 1.71. The maximum atomic E-state index is 12.2. The van der Waals surface area contributed by atoms with Crippen molar-refractivity contribution in [2.45, 2.75) is 84.0 Å². The van der Waals surface area contributed by atoms with E-state index >= 15 is 0 Å². The highest BCUT2D eigenvalue weighted by Gasteiger charge is 2.35. The number of fused-ring (bicyclic) bond motifs is 1. The van der Waals surface area contributed by atoms with Gasteiger partial charge in [0, 0.05) is 44.0 Å². The van der Waals surface area contributed by atoms with Crippen LogP contribution in [0.1, 0.15) is 45.6 Å². The summed E-state index contributed by atoms with van der Waals surface area (Å²) in [5.74, 6) is 0.421. The summed E-state index contributed by atoms with van der Waals surface area (Å²) in [5, 5.41) is 18.9. The molecule has 3 aromatic heterocycles. The molecule has 1 aliphatic rings. The summed E-state index contributed by atoms with van der Waals surface area (Å²) < 4.78 is 13.6. The van der Waals surface area contributed by atoms with Gasteiger partial charge in [-0.2, -0.15) is 0 Å². The standard InChI is InChI=1S/C26H37N5O4Si/c1-26(2,3)31(25(32)33)19-9-7-8-18(14-19)20-10-11-27-23-22(20)21(24-29-28-16-35-24)15-30(23)17-34-12-13-36(4,5)6/h8,10-11,15-16,19H,7,9,12-14,17H2,1-6H3,(H,32,33). The third-order valence-corrected chi connectivity index (χ3v) is 8.26. The number of ether oxygens (including phenoxy) is 1. The summed E-state index contributed by atoms with van der Waals surface area (Å²) in [6, 6.07) is 2.97. The van der Waals surface area contributed by atoms with Crippen LogP contribution >= 0.6 is 0 Å². The number of carboxylic acid groups (broad SMARTS) is 1. The van der Waals surface area contributed by atoms with E-state index in [1.807, 2.05) is 37.6 Å². The van der Waals surface area contributed by atoms with Gasteiger partial charge in [0.25, 0.3) is 0 Å². The van der Waals surface area contributed by atoms with Gasteiger partial charge in [-0.3, -0.25) is 0 Å². The molecule has 0 fully saturated rings. The molecule has 0 bridgehead atoms. The normalized spacial score (nSPS) is 16.8. The van der Waals surface area contributed by atoms with E-state index < -0.39 is 19.7 Å². The maximum Gasteiger partial charge on any atom is 0.407 e. The summed E-state index contributed by atoms with van der Waals surface area (Å²) in [6.07, 6.45) is 8.64. The second kappa shape index (κ2) is 10.2. The van der Waals surface area contributed by atoms with Crippen LogP contribution in [0, 0.1) is 0 Å². The minimum Gasteiger partial charge on any atom is -0.465 e. The van der Waals surface area contributed by atoms with Crippen LogP contribution in [-0.4, -0.2) is 62.1 Å². The molecule has 4 rings (SSSR count). The molecule has 3 heterocycles. The SMILES string of the molecule is CC(C)(C)N(C(=O)O)C1CCC=C(c2ccnc3c2c(-c2nnco2)cn3COCC[Si](C)(C)C)C1. The molecule has 0 saturated heterocycles. The van der Waals surface area contributed by atoms with Crippen molar-refractivity contribution in [3.8, 4) is 11.5 Å². The van der Waals surface area contributed by atoms with Gasteiger partial charge in [0.05, 0.1) is 5.56 Å². The van der Waals surface area contributed by atoms with E-state index in [9.17, 15) is 9.90 Å². The van der Waals surface area contributed by atoms with Crippen molar-refractivity contribution < 1.29 is 19.1 Å². The predicted molar refractivity (Wildman–Crippen MR) is 142 cm³/mol. The molecule has 0 radical (unpaired) electrons. The minimum absolute atomic E-state index is 0.107. The Morgan fingerprint density at radius 1 is 1.31 bits per heavy atom. The molecule has 1 atom stereocenters. The van der Waals surface area contributed by atoms with E-state index in [0.29, 0.717) is 25.6 Å². The fourth-order valence-electron chi connectivity index (χ4n) is 4.90. The second-order valence-corrected chi connectivity index (χ2v) is 17.3. The predicted octanol–water partition coefficient (Wildman–Crippen LogP) is 6.11. The van der Waals surface area contributed by atoms with Crippen molar-refractivity contribution in [1.29, 1.82) is 0 Å². The van der Waals surface area contributed by atoms with E-state index in [0.717, 1.165) is 46.6 Å². The molecule has 0 aromatic carbocycles. The molecule has 0 saturated carbocycles. The van der Waals surface area contributed by atoms with E-state index in [1.54, 1.807) is 11.1 Å². The summed E-state index contributed by atoms with van der Waals surface area (Å²) in [5.41, 5.74) is 3.21. The molecule has 1 aliphatic carbocycles. The van der Waals surface area contributed by atoms with E-state index in [4.69, 9.17) is 9.15 Å². The number of carbonyl (C=O) groups is 1. The quantitative estimate of drug-likeness (QED) is 0.287. The smallest absolute Gasteiger partial charge is 0.407 e. The van der Waals surface area contributed by atoms with Crippen LogP contribution in [0.3, 0.4) is 0 Å². The number of nitrogens with zero attached hydrogens (tertiary/aromatic N) is 5. The summed E-state index contributed by atoms with van der Waals surface area (Å²) in [7, 11) is -1.19. The average Bonchev–Trinajstić information content (AvgIpc) is 3.43. The van der Waals surface area contributed by atoms with Gasteiger partial charge in [-0.15, -0.1) is 10.2 Å². The van der Waals surface area contributed by atoms with Gasteiger partial charge < -0.3 is 23.7 Å². The first-order valence-electron chi connectivity index (χ1n) is 12.5. The molecule has 36 heavy (non-hydrogen) atoms.